The normalized spacial score (nSPS) is 8.00. The van der Waals surface area contributed by atoms with Gasteiger partial charge in [-0.15, -0.1) is 0 Å². The first-order chi connectivity index (χ1) is 3.79. The zero-order chi connectivity index (χ0) is 5.98. The van der Waals surface area contributed by atoms with Crippen LogP contribution >= 0.6 is 0 Å². The summed E-state index contributed by atoms with van der Waals surface area (Å²) < 4.78 is 0. The number of aromatic nitrogens is 2. The molecule has 1 radical (unpaired) electrons. The van der Waals surface area contributed by atoms with Gasteiger partial charge in [0, 0.05) is 63.6 Å². The topological polar surface area (TPSA) is 65.7 Å². The van der Waals surface area contributed by atoms with Crippen molar-refractivity contribution in [3.05, 3.63) is 33.1 Å². The molecule has 4 nitrogen and oxygen atoms in total. The molecule has 0 atom stereocenters. The Morgan fingerprint density at radius 2 is 2.00 bits per heavy atom. The molecule has 1 heterocycles. The van der Waals surface area contributed by atoms with E-state index in [1.165, 1.54) is 12.3 Å². The van der Waals surface area contributed by atoms with Crippen molar-refractivity contribution in [2.45, 2.75) is 0 Å². The van der Waals surface area contributed by atoms with Crippen molar-refractivity contribution in [3.8, 4) is 0 Å². The van der Waals surface area contributed by atoms with Gasteiger partial charge in [-0.2, -0.15) is 0 Å². The number of aromatic amines is 2. The Morgan fingerprint density at radius 3 is 2.33 bits per heavy atom. The maximum Gasteiger partial charge on any atom is 0.325 e. The van der Waals surface area contributed by atoms with Crippen LogP contribution in [0.3, 0.4) is 0 Å². The Labute approximate surface area is 93.1 Å². The molecule has 5 heteroatoms. The summed E-state index contributed by atoms with van der Waals surface area (Å²) in [6.07, 6.45) is 1.29. The smallest absolute Gasteiger partial charge is 0.314 e. The van der Waals surface area contributed by atoms with Crippen molar-refractivity contribution in [2.24, 2.45) is 0 Å². The van der Waals surface area contributed by atoms with E-state index in [2.05, 4.69) is 4.98 Å². The summed E-state index contributed by atoms with van der Waals surface area (Å²) in [5.41, 5.74) is -0.855. The van der Waals surface area contributed by atoms with Crippen molar-refractivity contribution in [1.29, 1.82) is 0 Å². The van der Waals surface area contributed by atoms with E-state index in [1.54, 1.807) is 0 Å². The van der Waals surface area contributed by atoms with Gasteiger partial charge in [0.05, 0.1) is 0 Å². The van der Waals surface area contributed by atoms with Gasteiger partial charge in [0.1, 0.15) is 0 Å². The third-order valence-electron chi connectivity index (χ3n) is 0.686. The predicted molar refractivity (Wildman–Crippen MR) is 33.4 cm³/mol. The van der Waals surface area contributed by atoms with Crippen molar-refractivity contribution in [2.75, 3.05) is 0 Å². The molecule has 0 aliphatic rings. The van der Waals surface area contributed by atoms with Gasteiger partial charge in [0.2, 0.25) is 0 Å². The van der Waals surface area contributed by atoms with Crippen LogP contribution in [-0.4, -0.2) is 61.4 Å². The quantitative estimate of drug-likeness (QED) is 0.452. The van der Waals surface area contributed by atoms with Crippen LogP contribution in [-0.2, 0) is 0 Å². The van der Waals surface area contributed by atoms with Gasteiger partial charge < -0.3 is 4.98 Å². The van der Waals surface area contributed by atoms with E-state index in [4.69, 9.17) is 0 Å². The molecule has 0 spiro atoms. The van der Waals surface area contributed by atoms with Gasteiger partial charge in [0.15, 0.2) is 0 Å². The van der Waals surface area contributed by atoms with Crippen molar-refractivity contribution >= 4 is 51.4 Å². The summed E-state index contributed by atoms with van der Waals surface area (Å²) >= 11 is 0. The molecule has 43 valence electrons. The summed E-state index contributed by atoms with van der Waals surface area (Å²) in [6, 6.07) is 1.24. The van der Waals surface area contributed by atoms with E-state index in [1.807, 2.05) is 4.98 Å². The van der Waals surface area contributed by atoms with Gasteiger partial charge in [-0.1, -0.05) is 0 Å². The first-order valence-corrected chi connectivity index (χ1v) is 2.07. The fourth-order valence-electron chi connectivity index (χ4n) is 0.383. The average molecular weight is 151 g/mol. The zero-order valence-electron chi connectivity index (χ0n) is 4.97. The number of rotatable bonds is 0. The maximum absolute atomic E-state index is 10.2. The molecular weight excluding hydrogens is 147 g/mol. The Bertz CT molecular complexity index is 251. The number of H-pyrrole nitrogens is 2. The van der Waals surface area contributed by atoms with Crippen LogP contribution in [0, 0.1) is 0 Å². The minimum atomic E-state index is -0.475. The van der Waals surface area contributed by atoms with Crippen molar-refractivity contribution in [1.82, 2.24) is 9.97 Å². The first-order valence-electron chi connectivity index (χ1n) is 2.07. The zero-order valence-corrected chi connectivity index (χ0v) is 8.09. The second-order valence-corrected chi connectivity index (χ2v) is 1.30. The summed E-state index contributed by atoms with van der Waals surface area (Å²) in [5, 5.41) is 0. The molecule has 1 aromatic rings. The Balaban J connectivity index is 0.000000640. The second kappa shape index (κ2) is 4.18. The van der Waals surface area contributed by atoms with Gasteiger partial charge in [0.25, 0.3) is 5.56 Å². The van der Waals surface area contributed by atoms with Gasteiger partial charge in [-0.05, 0) is 0 Å². The summed E-state index contributed by atoms with van der Waals surface area (Å²) in [7, 11) is 0. The van der Waals surface area contributed by atoms with Crippen molar-refractivity contribution in [3.63, 3.8) is 0 Å². The van der Waals surface area contributed by atoms with E-state index in [0.29, 0.717) is 0 Å². The predicted octanol–water partition coefficient (Wildman–Crippen LogP) is -1.32. The van der Waals surface area contributed by atoms with Gasteiger partial charge in [-0.3, -0.25) is 9.78 Å². The third-order valence-corrected chi connectivity index (χ3v) is 0.686. The monoisotopic (exact) mass is 151 g/mol. The van der Waals surface area contributed by atoms with E-state index in [9.17, 15) is 9.59 Å². The molecule has 0 aliphatic heterocycles. The van der Waals surface area contributed by atoms with E-state index in [0.717, 1.165) is 0 Å². The molecule has 0 aliphatic carbocycles. The van der Waals surface area contributed by atoms with E-state index >= 15 is 0 Å². The van der Waals surface area contributed by atoms with Gasteiger partial charge >= 0.3 is 5.69 Å². The second-order valence-electron chi connectivity index (χ2n) is 1.30. The molecule has 0 saturated heterocycles. The molecule has 0 fully saturated rings. The molecule has 0 saturated carbocycles. The molecule has 0 aromatic carbocycles. The average Bonchev–Trinajstić information content (AvgIpc) is 1.64. The van der Waals surface area contributed by atoms with Crippen LogP contribution < -0.4 is 11.2 Å². The minimum Gasteiger partial charge on any atom is -0.314 e. The van der Waals surface area contributed by atoms with Crippen molar-refractivity contribution < 1.29 is 0 Å². The maximum atomic E-state index is 10.2. The first kappa shape index (κ1) is 9.32. The fraction of sp³-hybridized carbons (Fsp3) is 0. The summed E-state index contributed by atoms with van der Waals surface area (Å²) in [5.74, 6) is 0. The van der Waals surface area contributed by atoms with Crippen LogP contribution in [0.15, 0.2) is 21.9 Å². The Morgan fingerprint density at radius 1 is 1.33 bits per heavy atom. The molecule has 1 rings (SSSR count). The van der Waals surface area contributed by atoms with Gasteiger partial charge in [-0.25, -0.2) is 4.79 Å². The number of hydrogen-bond acceptors (Lipinski definition) is 2. The Hall–Kier alpha value is 0.316. The molecule has 1 aromatic heterocycles. The molecule has 0 amide bonds. The minimum absolute atomic E-state index is 0. The Kier molecular flexibility index (Phi) is 4.33. The molecule has 0 bridgehead atoms. The van der Waals surface area contributed by atoms with Crippen LogP contribution in [0.2, 0.25) is 0 Å². The van der Waals surface area contributed by atoms with Crippen LogP contribution in [0.4, 0.5) is 0 Å². The fourth-order valence-corrected chi connectivity index (χ4v) is 0.383. The largest absolute Gasteiger partial charge is 0.325 e. The van der Waals surface area contributed by atoms with Crippen LogP contribution in [0.5, 0.6) is 0 Å². The van der Waals surface area contributed by atoms with Crippen LogP contribution in [0.25, 0.3) is 0 Å². The molecule has 0 unspecified atom stereocenters. The standard InChI is InChI=1S/C4H4N2O2.K/c7-3-1-2-5-4(8)6-3;/h1-2H,(H2,5,6,7,8);. The molecule has 2 N–H and O–H groups in total. The molecule has 9 heavy (non-hydrogen) atoms. The number of hydrogen-bond donors (Lipinski definition) is 2. The number of nitrogens with one attached hydrogen (secondary N) is 2. The summed E-state index contributed by atoms with van der Waals surface area (Å²) in [6.45, 7) is 0. The van der Waals surface area contributed by atoms with E-state index in [-0.39, 0.29) is 56.9 Å². The third kappa shape index (κ3) is 3.12. The van der Waals surface area contributed by atoms with Crippen LogP contribution in [0.1, 0.15) is 0 Å². The molecular formula is C4H4KN2O2. The SMILES string of the molecule is O=c1cc[nH]c(=O)[nH]1.[K]. The summed E-state index contributed by atoms with van der Waals surface area (Å²) in [4.78, 5) is 24.7. The van der Waals surface area contributed by atoms with E-state index < -0.39 is 5.69 Å².